The molecule has 1 aromatic rings. The number of ketones is 1. The number of Topliss-reactive ketones (excluding diaryl/α,β-unsaturated/α-hetero) is 1. The zero-order valence-electron chi connectivity index (χ0n) is 11.7. The molecule has 1 saturated heterocycles. The molecule has 2 aliphatic rings. The number of fused-ring (bicyclic) bond motifs is 1. The zero-order valence-corrected chi connectivity index (χ0v) is 13.3. The average Bonchev–Trinajstić information content (AvgIpc) is 2.70. The van der Waals surface area contributed by atoms with Crippen LogP contribution in [-0.4, -0.2) is 42.8 Å². The molecule has 0 unspecified atom stereocenters. The molecule has 21 heavy (non-hydrogen) atoms. The summed E-state index contributed by atoms with van der Waals surface area (Å²) in [4.78, 5) is 28.0. The second-order valence-corrected chi connectivity index (χ2v) is 5.79. The Labute approximate surface area is 135 Å². The second kappa shape index (κ2) is 6.77. The quantitative estimate of drug-likeness (QED) is 0.801. The van der Waals surface area contributed by atoms with Crippen LogP contribution in [0.2, 0.25) is 5.02 Å². The minimum atomic E-state index is -0.443. The van der Waals surface area contributed by atoms with Crippen LogP contribution in [0.5, 0.6) is 0 Å². The maximum atomic E-state index is 12.1. The first-order valence-corrected chi connectivity index (χ1v) is 7.43. The SMILES string of the molecule is Cl.O=C1C(=O)N(CCN2CCCCC2)c2ccc(Cl)cc21. The lowest BCUT2D eigenvalue weighted by Gasteiger charge is -2.28. The number of hydrogen-bond donors (Lipinski definition) is 0. The van der Waals surface area contributed by atoms with E-state index in [4.69, 9.17) is 11.6 Å². The van der Waals surface area contributed by atoms with Gasteiger partial charge in [-0.1, -0.05) is 18.0 Å². The third-order valence-corrected chi connectivity index (χ3v) is 4.26. The molecule has 0 aromatic heterocycles. The normalized spacial score (nSPS) is 18.6. The Bertz CT molecular complexity index is 557. The molecule has 4 nitrogen and oxygen atoms in total. The number of anilines is 1. The molecule has 0 aliphatic carbocycles. The number of carbonyl (C=O) groups is 2. The summed E-state index contributed by atoms with van der Waals surface area (Å²) in [6.07, 6.45) is 3.73. The van der Waals surface area contributed by atoms with E-state index in [0.717, 1.165) is 19.6 Å². The first kappa shape index (κ1) is 16.3. The minimum absolute atomic E-state index is 0. The van der Waals surface area contributed by atoms with E-state index < -0.39 is 11.7 Å². The van der Waals surface area contributed by atoms with Gasteiger partial charge in [0.2, 0.25) is 0 Å². The number of piperidine rings is 1. The maximum absolute atomic E-state index is 12.1. The summed E-state index contributed by atoms with van der Waals surface area (Å²) < 4.78 is 0. The van der Waals surface area contributed by atoms with Crippen molar-refractivity contribution in [1.82, 2.24) is 4.90 Å². The van der Waals surface area contributed by atoms with E-state index >= 15 is 0 Å². The predicted octanol–water partition coefficient (Wildman–Crippen LogP) is 2.78. The summed E-state index contributed by atoms with van der Waals surface area (Å²) in [6, 6.07) is 5.06. The number of likely N-dealkylation sites (tertiary alicyclic amines) is 1. The lowest BCUT2D eigenvalue weighted by Crippen LogP contribution is -2.40. The molecule has 0 saturated carbocycles. The van der Waals surface area contributed by atoms with Crippen LogP contribution in [0.1, 0.15) is 29.6 Å². The van der Waals surface area contributed by atoms with Crippen LogP contribution in [0.25, 0.3) is 0 Å². The summed E-state index contributed by atoms with van der Waals surface area (Å²) >= 11 is 5.89. The van der Waals surface area contributed by atoms with Gasteiger partial charge in [0.05, 0.1) is 11.3 Å². The van der Waals surface area contributed by atoms with Crippen molar-refractivity contribution in [2.45, 2.75) is 19.3 Å². The summed E-state index contributed by atoms with van der Waals surface area (Å²) in [7, 11) is 0. The number of hydrogen-bond acceptors (Lipinski definition) is 3. The molecule has 0 spiro atoms. The molecular weight excluding hydrogens is 311 g/mol. The predicted molar refractivity (Wildman–Crippen MR) is 85.7 cm³/mol. The van der Waals surface area contributed by atoms with Crippen molar-refractivity contribution in [2.24, 2.45) is 0 Å². The number of rotatable bonds is 3. The molecule has 1 aromatic carbocycles. The summed E-state index contributed by atoms with van der Waals surface area (Å²) in [6.45, 7) is 3.56. The number of nitrogens with zero attached hydrogens (tertiary/aromatic N) is 2. The molecule has 2 heterocycles. The minimum Gasteiger partial charge on any atom is -0.303 e. The van der Waals surface area contributed by atoms with Crippen molar-refractivity contribution in [2.75, 3.05) is 31.1 Å². The standard InChI is InChI=1S/C15H17ClN2O2.ClH/c16-11-4-5-13-12(10-11)14(19)15(20)18(13)9-8-17-6-2-1-3-7-17;/h4-5,10H,1-3,6-9H2;1H. The third-order valence-electron chi connectivity index (χ3n) is 4.02. The van der Waals surface area contributed by atoms with Crippen LogP contribution in [-0.2, 0) is 4.79 Å². The molecule has 114 valence electrons. The Morgan fingerprint density at radius 3 is 2.48 bits per heavy atom. The highest BCUT2D eigenvalue weighted by molar-refractivity contribution is 6.52. The van der Waals surface area contributed by atoms with Crippen molar-refractivity contribution < 1.29 is 9.59 Å². The molecule has 3 rings (SSSR count). The van der Waals surface area contributed by atoms with Gasteiger partial charge in [0.25, 0.3) is 11.7 Å². The van der Waals surface area contributed by atoms with Crippen LogP contribution in [0.3, 0.4) is 0 Å². The molecule has 0 atom stereocenters. The van der Waals surface area contributed by atoms with Crippen molar-refractivity contribution >= 4 is 41.4 Å². The van der Waals surface area contributed by atoms with Gasteiger partial charge in [-0.25, -0.2) is 0 Å². The van der Waals surface area contributed by atoms with E-state index in [0.29, 0.717) is 22.8 Å². The molecule has 2 aliphatic heterocycles. The highest BCUT2D eigenvalue weighted by Gasteiger charge is 2.35. The molecule has 1 fully saturated rings. The zero-order chi connectivity index (χ0) is 14.1. The first-order chi connectivity index (χ1) is 9.66. The van der Waals surface area contributed by atoms with Crippen molar-refractivity contribution in [3.63, 3.8) is 0 Å². The number of carbonyl (C=O) groups excluding carboxylic acids is 2. The van der Waals surface area contributed by atoms with Crippen LogP contribution in [0.15, 0.2) is 18.2 Å². The molecule has 1 amide bonds. The van der Waals surface area contributed by atoms with Crippen LogP contribution >= 0.6 is 24.0 Å². The van der Waals surface area contributed by atoms with Gasteiger partial charge in [-0.05, 0) is 44.1 Å². The Balaban J connectivity index is 0.00000161. The molecule has 0 radical (unpaired) electrons. The number of halogens is 2. The van der Waals surface area contributed by atoms with E-state index in [9.17, 15) is 9.59 Å². The average molecular weight is 329 g/mol. The van der Waals surface area contributed by atoms with Crippen molar-refractivity contribution in [1.29, 1.82) is 0 Å². The highest BCUT2D eigenvalue weighted by atomic mass is 35.5. The van der Waals surface area contributed by atoms with E-state index in [1.54, 1.807) is 23.1 Å². The van der Waals surface area contributed by atoms with Crippen LogP contribution in [0.4, 0.5) is 5.69 Å². The van der Waals surface area contributed by atoms with Crippen LogP contribution in [0, 0.1) is 0 Å². The molecule has 0 bridgehead atoms. The van der Waals surface area contributed by atoms with Crippen LogP contribution < -0.4 is 4.90 Å². The van der Waals surface area contributed by atoms with Crippen molar-refractivity contribution in [3.05, 3.63) is 28.8 Å². The van der Waals surface area contributed by atoms with Crippen molar-refractivity contribution in [3.8, 4) is 0 Å². The van der Waals surface area contributed by atoms with Gasteiger partial charge in [-0.3, -0.25) is 9.59 Å². The Morgan fingerprint density at radius 1 is 1.05 bits per heavy atom. The lowest BCUT2D eigenvalue weighted by atomic mass is 10.1. The second-order valence-electron chi connectivity index (χ2n) is 5.35. The first-order valence-electron chi connectivity index (χ1n) is 7.05. The highest BCUT2D eigenvalue weighted by Crippen LogP contribution is 2.31. The Kier molecular flexibility index (Phi) is 5.25. The van der Waals surface area contributed by atoms with Gasteiger partial charge in [0.1, 0.15) is 0 Å². The fraction of sp³-hybridized carbons (Fsp3) is 0.467. The van der Waals surface area contributed by atoms with Gasteiger partial charge in [0.15, 0.2) is 0 Å². The number of amides is 1. The fourth-order valence-electron chi connectivity index (χ4n) is 2.92. The molecular formula is C15H18Cl2N2O2. The summed E-state index contributed by atoms with van der Waals surface area (Å²) in [5, 5.41) is 0.489. The number of benzene rings is 1. The summed E-state index contributed by atoms with van der Waals surface area (Å²) in [5.74, 6) is -0.875. The van der Waals surface area contributed by atoms with E-state index in [1.807, 2.05) is 0 Å². The lowest BCUT2D eigenvalue weighted by molar-refractivity contribution is -0.114. The van der Waals surface area contributed by atoms with E-state index in [2.05, 4.69) is 4.90 Å². The fourth-order valence-corrected chi connectivity index (χ4v) is 3.09. The van der Waals surface area contributed by atoms with Gasteiger partial charge in [0, 0.05) is 18.1 Å². The van der Waals surface area contributed by atoms with E-state index in [1.165, 1.54) is 19.3 Å². The topological polar surface area (TPSA) is 40.6 Å². The maximum Gasteiger partial charge on any atom is 0.299 e. The van der Waals surface area contributed by atoms with Gasteiger partial charge in [-0.2, -0.15) is 0 Å². The molecule has 0 N–H and O–H groups in total. The van der Waals surface area contributed by atoms with Gasteiger partial charge < -0.3 is 9.80 Å². The van der Waals surface area contributed by atoms with E-state index in [-0.39, 0.29) is 12.4 Å². The largest absolute Gasteiger partial charge is 0.303 e. The third kappa shape index (κ3) is 3.23. The monoisotopic (exact) mass is 328 g/mol. The van der Waals surface area contributed by atoms with Gasteiger partial charge in [-0.15, -0.1) is 12.4 Å². The Morgan fingerprint density at radius 2 is 1.76 bits per heavy atom. The Hall–Kier alpha value is -1.10. The summed E-state index contributed by atoms with van der Waals surface area (Å²) in [5.41, 5.74) is 1.13. The molecule has 6 heteroatoms. The van der Waals surface area contributed by atoms with Gasteiger partial charge >= 0.3 is 0 Å². The smallest absolute Gasteiger partial charge is 0.299 e.